The van der Waals surface area contributed by atoms with Crippen molar-refractivity contribution in [3.63, 3.8) is 0 Å². The number of hydrogen-bond acceptors (Lipinski definition) is 15. The number of aliphatic hydroxyl groups is 1. The first-order valence-corrected chi connectivity index (χ1v) is 12.9. The quantitative estimate of drug-likeness (QED) is 0.134. The van der Waals surface area contributed by atoms with Crippen molar-refractivity contribution in [3.05, 3.63) is 22.1 Å². The summed E-state index contributed by atoms with van der Waals surface area (Å²) in [4.78, 5) is 47.4. The van der Waals surface area contributed by atoms with Gasteiger partial charge in [0, 0.05) is 23.0 Å². The number of nitrogen functional groups attached to an aromatic ring is 1. The number of carbonyl (C=O) groups excluding carboxylic acids is 2. The topological polar surface area (TPSA) is 206 Å². The predicted octanol–water partition coefficient (Wildman–Crippen LogP) is -0.654. The number of rotatable bonds is 9. The van der Waals surface area contributed by atoms with Gasteiger partial charge in [-0.25, -0.2) is 4.79 Å². The van der Waals surface area contributed by atoms with E-state index in [9.17, 15) is 19.5 Å². The van der Waals surface area contributed by atoms with E-state index in [-0.39, 0.29) is 34.7 Å². The van der Waals surface area contributed by atoms with Gasteiger partial charge in [0.1, 0.15) is 29.2 Å². The maximum absolute atomic E-state index is 12.9. The summed E-state index contributed by atoms with van der Waals surface area (Å²) < 4.78 is 4.51. The minimum atomic E-state index is -1.24. The van der Waals surface area contributed by atoms with Gasteiger partial charge in [-0.15, -0.1) is 22.0 Å². The van der Waals surface area contributed by atoms with Crippen molar-refractivity contribution >= 4 is 75.0 Å². The van der Waals surface area contributed by atoms with Crippen LogP contribution in [0, 0.1) is 0 Å². The highest BCUT2D eigenvalue weighted by Crippen LogP contribution is 2.41. The van der Waals surface area contributed by atoms with Crippen LogP contribution in [0.2, 0.25) is 0 Å². The van der Waals surface area contributed by atoms with Crippen LogP contribution in [-0.2, 0) is 25.8 Å². The molecule has 2 aromatic rings. The molecule has 1 fully saturated rings. The van der Waals surface area contributed by atoms with Crippen molar-refractivity contribution in [1.82, 2.24) is 29.8 Å². The Hall–Kier alpha value is -2.80. The second-order valence-corrected chi connectivity index (χ2v) is 10.8. The maximum Gasteiger partial charge on any atom is 0.352 e. The number of amides is 2. The minimum Gasteiger partial charge on any atom is -0.477 e. The fraction of sp³-hybridized carbons (Fsp3) is 0.375. The smallest absolute Gasteiger partial charge is 0.352 e. The molecule has 2 aliphatic rings. The van der Waals surface area contributed by atoms with Crippen LogP contribution < -0.4 is 11.1 Å². The van der Waals surface area contributed by atoms with Gasteiger partial charge in [0.25, 0.3) is 11.8 Å². The summed E-state index contributed by atoms with van der Waals surface area (Å²) in [7, 11) is 1.24. The lowest BCUT2D eigenvalue weighted by Crippen LogP contribution is -2.71. The van der Waals surface area contributed by atoms with E-state index in [1.165, 1.54) is 46.9 Å². The van der Waals surface area contributed by atoms with E-state index in [1.54, 1.807) is 0 Å². The Morgan fingerprint density at radius 1 is 1.41 bits per heavy atom. The van der Waals surface area contributed by atoms with Gasteiger partial charge >= 0.3 is 5.97 Å². The number of carboxylic acid groups (broad SMARTS) is 1. The highest BCUT2D eigenvalue weighted by molar-refractivity contribution is 8.01. The molecule has 0 bridgehead atoms. The lowest BCUT2D eigenvalue weighted by atomic mass is 10.0. The van der Waals surface area contributed by atoms with Crippen LogP contribution in [-0.4, -0.2) is 88.2 Å². The third-order valence-electron chi connectivity index (χ3n) is 4.54. The van der Waals surface area contributed by atoms with Gasteiger partial charge in [-0.1, -0.05) is 28.3 Å². The fourth-order valence-electron chi connectivity index (χ4n) is 3.12. The average molecular weight is 545 g/mol. The molecule has 0 spiro atoms. The molecule has 0 aliphatic carbocycles. The number of nitrogens with one attached hydrogen (secondary N) is 1. The number of nitrogens with two attached hydrogens (primary N) is 1. The second-order valence-electron chi connectivity index (χ2n) is 6.61. The summed E-state index contributed by atoms with van der Waals surface area (Å²) >= 11 is 4.68. The number of β-lactam (4-membered cyclic amide) rings is 1. The molecular formula is C16H16N8O6S4. The maximum atomic E-state index is 12.9. The van der Waals surface area contributed by atoms with E-state index in [0.717, 1.165) is 11.5 Å². The van der Waals surface area contributed by atoms with Crippen LogP contribution in [0.25, 0.3) is 0 Å². The standard InChI is InChI=1S/C16H16N8O6S4/c1-30-22-7(10-19-15(17)34-23-10)11(26)18-8-12(27)24-9(14(28)29)5(3-31-13(8)24)4-32-16-21-20-6(2-25)33-16/h8,13,25H,2-4H2,1H3,(H,18,26)(H,28,29)(H2,17,19,23)/t8?,13-/m0/s1. The zero-order valence-electron chi connectivity index (χ0n) is 17.2. The summed E-state index contributed by atoms with van der Waals surface area (Å²) in [5.74, 6) is -1.99. The summed E-state index contributed by atoms with van der Waals surface area (Å²) in [5.41, 5.74) is 5.73. The molecule has 5 N–H and O–H groups in total. The number of aliphatic hydroxyl groups excluding tert-OH is 1. The van der Waals surface area contributed by atoms with Crippen molar-refractivity contribution in [1.29, 1.82) is 0 Å². The van der Waals surface area contributed by atoms with Gasteiger partial charge in [0.15, 0.2) is 9.47 Å². The van der Waals surface area contributed by atoms with Crippen LogP contribution in [0.5, 0.6) is 0 Å². The van der Waals surface area contributed by atoms with E-state index < -0.39 is 29.2 Å². The van der Waals surface area contributed by atoms with Gasteiger partial charge in [0.2, 0.25) is 11.5 Å². The van der Waals surface area contributed by atoms with Crippen LogP contribution >= 0.6 is 46.4 Å². The summed E-state index contributed by atoms with van der Waals surface area (Å²) in [6.45, 7) is -0.225. The van der Waals surface area contributed by atoms with E-state index >= 15 is 0 Å². The zero-order chi connectivity index (χ0) is 24.4. The van der Waals surface area contributed by atoms with E-state index in [4.69, 9.17) is 15.7 Å². The number of carboxylic acids is 1. The van der Waals surface area contributed by atoms with E-state index in [0.29, 0.717) is 20.7 Å². The van der Waals surface area contributed by atoms with E-state index in [1.807, 2.05) is 0 Å². The Labute approximate surface area is 207 Å². The molecule has 180 valence electrons. The van der Waals surface area contributed by atoms with Gasteiger partial charge in [-0.05, 0) is 5.57 Å². The fourth-order valence-corrected chi connectivity index (χ4v) is 6.80. The molecule has 2 amide bonds. The first-order chi connectivity index (χ1) is 16.3. The van der Waals surface area contributed by atoms with Crippen molar-refractivity contribution in [2.24, 2.45) is 5.16 Å². The van der Waals surface area contributed by atoms with Crippen LogP contribution in [0.15, 0.2) is 20.8 Å². The molecule has 2 aliphatic heterocycles. The SMILES string of the molecule is CON=C(C(=O)NC1C(=O)N2C(C(=O)O)=C(CSc3nnc(CO)s3)CS[C@@H]12)c1nsc(N)n1. The van der Waals surface area contributed by atoms with Crippen molar-refractivity contribution in [2.45, 2.75) is 22.4 Å². The van der Waals surface area contributed by atoms with Crippen molar-refractivity contribution < 1.29 is 29.4 Å². The first-order valence-electron chi connectivity index (χ1n) is 9.31. The largest absolute Gasteiger partial charge is 0.477 e. The number of aromatic nitrogens is 4. The second kappa shape index (κ2) is 10.2. The van der Waals surface area contributed by atoms with Gasteiger partial charge in [0.05, 0.1) is 6.61 Å². The molecule has 4 rings (SSSR count). The number of oxime groups is 1. The number of nitrogens with zero attached hydrogens (tertiary/aromatic N) is 6. The third kappa shape index (κ3) is 4.71. The Morgan fingerprint density at radius 2 is 2.21 bits per heavy atom. The van der Waals surface area contributed by atoms with Crippen LogP contribution in [0.4, 0.5) is 5.13 Å². The van der Waals surface area contributed by atoms with Crippen molar-refractivity contribution in [2.75, 3.05) is 24.3 Å². The normalized spacial score (nSPS) is 20.1. The molecule has 2 aromatic heterocycles. The van der Waals surface area contributed by atoms with Gasteiger partial charge in [-0.3, -0.25) is 14.5 Å². The molecule has 18 heteroatoms. The molecule has 1 unspecified atom stereocenters. The van der Waals surface area contributed by atoms with Crippen LogP contribution in [0.1, 0.15) is 10.8 Å². The zero-order valence-corrected chi connectivity index (χ0v) is 20.5. The lowest BCUT2D eigenvalue weighted by Gasteiger charge is -2.49. The summed E-state index contributed by atoms with van der Waals surface area (Å²) in [6.07, 6.45) is 0. The lowest BCUT2D eigenvalue weighted by molar-refractivity contribution is -0.150. The molecule has 34 heavy (non-hydrogen) atoms. The molecular weight excluding hydrogens is 528 g/mol. The monoisotopic (exact) mass is 544 g/mol. The van der Waals surface area contributed by atoms with Crippen molar-refractivity contribution in [3.8, 4) is 0 Å². The predicted molar refractivity (Wildman–Crippen MR) is 124 cm³/mol. The number of anilines is 1. The number of aliphatic carboxylic acids is 1. The number of fused-ring (bicyclic) bond motifs is 1. The highest BCUT2D eigenvalue weighted by Gasteiger charge is 2.54. The minimum absolute atomic E-state index is 0.0479. The Balaban J connectivity index is 1.48. The Morgan fingerprint density at radius 3 is 2.82 bits per heavy atom. The average Bonchev–Trinajstić information content (AvgIpc) is 3.47. The summed E-state index contributed by atoms with van der Waals surface area (Å²) in [5, 5.41) is 32.8. The Bertz CT molecular complexity index is 1200. The number of hydrogen-bond donors (Lipinski definition) is 4. The Kier molecular flexibility index (Phi) is 7.31. The van der Waals surface area contributed by atoms with Crippen LogP contribution in [0.3, 0.4) is 0 Å². The highest BCUT2D eigenvalue weighted by atomic mass is 32.2. The number of carbonyl (C=O) groups is 3. The molecule has 0 aromatic carbocycles. The molecule has 0 radical (unpaired) electrons. The molecule has 0 saturated carbocycles. The molecule has 14 nitrogen and oxygen atoms in total. The van der Waals surface area contributed by atoms with E-state index in [2.05, 4.69) is 30.0 Å². The van der Waals surface area contributed by atoms with Gasteiger partial charge < -0.3 is 26.1 Å². The molecule has 2 atom stereocenters. The van der Waals surface area contributed by atoms with Gasteiger partial charge in [-0.2, -0.15) is 9.36 Å². The molecule has 1 saturated heterocycles. The molecule has 4 heterocycles. The first kappa shape index (κ1) is 24.3. The number of thioether (sulfide) groups is 2. The third-order valence-corrected chi connectivity index (χ3v) is 8.55. The summed E-state index contributed by atoms with van der Waals surface area (Å²) in [6, 6.07) is -0.964.